The summed E-state index contributed by atoms with van der Waals surface area (Å²) < 4.78 is 36.8. The van der Waals surface area contributed by atoms with Crippen LogP contribution in [0.3, 0.4) is 0 Å². The molecule has 0 fully saturated rings. The predicted molar refractivity (Wildman–Crippen MR) is 95.0 cm³/mol. The fraction of sp³-hybridized carbons (Fsp3) is 0.611. The molecule has 0 aromatic heterocycles. The number of hydrogen-bond acceptors (Lipinski definition) is 6. The minimum atomic E-state index is -4.32. The monoisotopic (exact) mass is 371 g/mol. The van der Waals surface area contributed by atoms with Crippen LogP contribution in [-0.4, -0.2) is 36.4 Å². The highest BCUT2D eigenvalue weighted by molar-refractivity contribution is 7.85. The smallest absolute Gasteiger partial charge is 0.338 e. The average molecular weight is 371 g/mol. The summed E-state index contributed by atoms with van der Waals surface area (Å²) in [6.45, 7) is 11.4. The molecular weight excluding hydrogens is 344 g/mol. The quantitative estimate of drug-likeness (QED) is 0.484. The van der Waals surface area contributed by atoms with Crippen LogP contribution in [0.5, 0.6) is 5.75 Å². The van der Waals surface area contributed by atoms with Crippen molar-refractivity contribution in [1.29, 1.82) is 0 Å². The molecule has 1 rings (SSSR count). The maximum absolute atomic E-state index is 12.3. The van der Waals surface area contributed by atoms with Crippen LogP contribution in [-0.2, 0) is 25.7 Å². The lowest BCUT2D eigenvalue weighted by atomic mass is 9.78. The van der Waals surface area contributed by atoms with Crippen LogP contribution in [0.15, 0.2) is 12.1 Å². The normalized spacial score (nSPS) is 12.9. The molecule has 1 N–H and O–H groups in total. The van der Waals surface area contributed by atoms with Gasteiger partial charge in [0.15, 0.2) is 0 Å². The first-order valence-electron chi connectivity index (χ1n) is 8.11. The topological polar surface area (TPSA) is 104 Å². The number of ether oxygens (including phenoxy) is 1. The first kappa shape index (κ1) is 21.4. The lowest BCUT2D eigenvalue weighted by Gasteiger charge is -2.28. The second kappa shape index (κ2) is 7.33. The largest absolute Gasteiger partial charge is 0.748 e. The molecule has 25 heavy (non-hydrogen) atoms. The summed E-state index contributed by atoms with van der Waals surface area (Å²) in [5.41, 5.74) is 0.800. The zero-order chi connectivity index (χ0) is 19.6. The van der Waals surface area contributed by atoms with Crippen LogP contribution in [0.4, 0.5) is 0 Å². The fourth-order valence-corrected chi connectivity index (χ4v) is 2.85. The van der Waals surface area contributed by atoms with Crippen molar-refractivity contribution in [3.8, 4) is 5.75 Å². The molecule has 0 aliphatic rings. The highest BCUT2D eigenvalue weighted by atomic mass is 32.2. The van der Waals surface area contributed by atoms with Gasteiger partial charge >= 0.3 is 5.97 Å². The van der Waals surface area contributed by atoms with E-state index in [0.29, 0.717) is 11.1 Å². The first-order chi connectivity index (χ1) is 11.1. The number of rotatable bonds is 5. The van der Waals surface area contributed by atoms with Gasteiger partial charge in [-0.25, -0.2) is 13.2 Å². The summed E-state index contributed by atoms with van der Waals surface area (Å²) in [6.07, 6.45) is -0.0477. The molecule has 6 nitrogen and oxygen atoms in total. The molecule has 7 heteroatoms. The van der Waals surface area contributed by atoms with Crippen LogP contribution in [0, 0.1) is 0 Å². The maximum Gasteiger partial charge on any atom is 0.338 e. The van der Waals surface area contributed by atoms with Crippen LogP contribution >= 0.6 is 0 Å². The van der Waals surface area contributed by atoms with E-state index in [1.54, 1.807) is 12.1 Å². The van der Waals surface area contributed by atoms with Crippen molar-refractivity contribution in [2.24, 2.45) is 0 Å². The molecule has 0 atom stereocenters. The third-order valence-corrected chi connectivity index (χ3v) is 4.52. The number of aromatic hydroxyl groups is 1. The van der Waals surface area contributed by atoms with E-state index >= 15 is 0 Å². The Kier molecular flexibility index (Phi) is 6.29. The van der Waals surface area contributed by atoms with E-state index in [2.05, 4.69) is 0 Å². The van der Waals surface area contributed by atoms with Crippen molar-refractivity contribution < 1.29 is 27.6 Å². The Morgan fingerprint density at radius 2 is 1.52 bits per heavy atom. The zero-order valence-corrected chi connectivity index (χ0v) is 16.5. The van der Waals surface area contributed by atoms with E-state index < -0.39 is 21.8 Å². The van der Waals surface area contributed by atoms with Gasteiger partial charge in [-0.1, -0.05) is 41.5 Å². The van der Waals surface area contributed by atoms with Crippen LogP contribution < -0.4 is 0 Å². The van der Waals surface area contributed by atoms with Gasteiger partial charge in [-0.2, -0.15) is 0 Å². The van der Waals surface area contributed by atoms with Crippen molar-refractivity contribution in [2.45, 2.75) is 58.8 Å². The summed E-state index contributed by atoms with van der Waals surface area (Å²) in [7, 11) is -4.32. The van der Waals surface area contributed by atoms with Crippen molar-refractivity contribution in [2.75, 3.05) is 12.4 Å². The molecule has 0 aliphatic heterocycles. The number of phenols is 1. The Balaban J connectivity index is 3.12. The Bertz CT molecular complexity index is 701. The van der Waals surface area contributed by atoms with E-state index in [1.807, 2.05) is 41.5 Å². The summed E-state index contributed by atoms with van der Waals surface area (Å²) in [4.78, 5) is 12.3. The highest BCUT2D eigenvalue weighted by Gasteiger charge is 2.28. The molecule has 0 radical (unpaired) electrons. The van der Waals surface area contributed by atoms with Gasteiger partial charge in [0.2, 0.25) is 0 Å². The molecule has 0 saturated heterocycles. The number of phenolic OH excluding ortho intramolecular Hbond substituents is 1. The number of hydrogen-bond donors (Lipinski definition) is 1. The van der Waals surface area contributed by atoms with Crippen molar-refractivity contribution in [3.63, 3.8) is 0 Å². The molecule has 1 aromatic carbocycles. The Labute approximate surface area is 150 Å². The molecule has 0 unspecified atom stereocenters. The lowest BCUT2D eigenvalue weighted by Crippen LogP contribution is -2.19. The van der Waals surface area contributed by atoms with Gasteiger partial charge in [0.1, 0.15) is 5.75 Å². The van der Waals surface area contributed by atoms with E-state index in [-0.39, 0.29) is 35.2 Å². The summed E-state index contributed by atoms with van der Waals surface area (Å²) in [5.74, 6) is -1.02. The number of esters is 1. The van der Waals surface area contributed by atoms with E-state index in [4.69, 9.17) is 4.74 Å². The molecule has 0 bridgehead atoms. The SMILES string of the molecule is CC(C)(C)c1cc(C(=O)OCCCS(=O)(=O)[O-])cc(C(C)(C)C)c1O. The summed E-state index contributed by atoms with van der Waals surface area (Å²) >= 11 is 0. The van der Waals surface area contributed by atoms with Gasteiger partial charge in [-0.15, -0.1) is 0 Å². The maximum atomic E-state index is 12.3. The molecule has 142 valence electrons. The molecule has 0 aliphatic carbocycles. The van der Waals surface area contributed by atoms with Gasteiger partial charge < -0.3 is 14.4 Å². The van der Waals surface area contributed by atoms with Crippen LogP contribution in [0.2, 0.25) is 0 Å². The Morgan fingerprint density at radius 1 is 1.08 bits per heavy atom. The Hall–Kier alpha value is -1.60. The molecule has 0 saturated carbocycles. The summed E-state index contributed by atoms with van der Waals surface area (Å²) in [6, 6.07) is 3.19. The van der Waals surface area contributed by atoms with Gasteiger partial charge in [0.25, 0.3) is 0 Å². The van der Waals surface area contributed by atoms with Crippen molar-refractivity contribution in [1.82, 2.24) is 0 Å². The average Bonchev–Trinajstić information content (AvgIpc) is 2.39. The van der Waals surface area contributed by atoms with E-state index in [9.17, 15) is 22.9 Å². The predicted octanol–water partition coefficient (Wildman–Crippen LogP) is 3.08. The van der Waals surface area contributed by atoms with Gasteiger partial charge in [-0.05, 0) is 29.4 Å². The van der Waals surface area contributed by atoms with Crippen LogP contribution in [0.1, 0.15) is 69.4 Å². The first-order valence-corrected chi connectivity index (χ1v) is 9.69. The van der Waals surface area contributed by atoms with Crippen molar-refractivity contribution in [3.05, 3.63) is 28.8 Å². The third-order valence-electron chi connectivity index (χ3n) is 3.73. The molecule has 1 aromatic rings. The molecule has 0 spiro atoms. The standard InChI is InChI=1S/C18H28O6S/c1-17(2,3)13-10-12(11-14(15(13)19)18(4,5)6)16(20)24-8-7-9-25(21,22)23/h10-11,19H,7-9H2,1-6H3,(H,21,22,23)/p-1. The fourth-order valence-electron chi connectivity index (χ4n) is 2.38. The second-order valence-corrected chi connectivity index (χ2v) is 9.69. The number of benzene rings is 1. The zero-order valence-electron chi connectivity index (χ0n) is 15.7. The summed E-state index contributed by atoms with van der Waals surface area (Å²) in [5, 5.41) is 10.6. The third kappa shape index (κ3) is 6.32. The number of carbonyl (C=O) groups is 1. The minimum absolute atomic E-state index is 0.0477. The van der Waals surface area contributed by atoms with E-state index in [1.165, 1.54) is 0 Å². The van der Waals surface area contributed by atoms with E-state index in [0.717, 1.165) is 0 Å². The molecule has 0 heterocycles. The van der Waals surface area contributed by atoms with Crippen molar-refractivity contribution >= 4 is 16.1 Å². The Morgan fingerprint density at radius 3 is 1.88 bits per heavy atom. The molecule has 0 amide bonds. The number of carbonyl (C=O) groups excluding carboxylic acids is 1. The van der Waals surface area contributed by atoms with Gasteiger partial charge in [0.05, 0.1) is 22.3 Å². The van der Waals surface area contributed by atoms with Gasteiger partial charge in [-0.3, -0.25) is 0 Å². The highest BCUT2D eigenvalue weighted by Crippen LogP contribution is 2.39. The minimum Gasteiger partial charge on any atom is -0.748 e. The lowest BCUT2D eigenvalue weighted by molar-refractivity contribution is 0.0504. The molecular formula is C18H27O6S-. The van der Waals surface area contributed by atoms with Crippen LogP contribution in [0.25, 0.3) is 0 Å². The van der Waals surface area contributed by atoms with Gasteiger partial charge in [0, 0.05) is 16.9 Å². The second-order valence-electron chi connectivity index (χ2n) is 8.17.